The Hall–Kier alpha value is -1.75. The van der Waals surface area contributed by atoms with E-state index in [4.69, 9.17) is 10.8 Å². The van der Waals surface area contributed by atoms with Crippen molar-refractivity contribution < 1.29 is 9.90 Å². The van der Waals surface area contributed by atoms with E-state index in [0.29, 0.717) is 5.69 Å². The maximum absolute atomic E-state index is 10.7. The first-order valence-corrected chi connectivity index (χ1v) is 5.52. The Morgan fingerprint density at radius 3 is 2.71 bits per heavy atom. The fraction of sp³-hybridized carbons (Fsp3) is 0.417. The van der Waals surface area contributed by atoms with Crippen LogP contribution in [0.1, 0.15) is 16.8 Å². The van der Waals surface area contributed by atoms with E-state index in [9.17, 15) is 4.79 Å². The van der Waals surface area contributed by atoms with Crippen molar-refractivity contribution in [1.29, 1.82) is 0 Å². The average molecular weight is 237 g/mol. The number of nitrogens with two attached hydrogens (primary N) is 1. The second kappa shape index (κ2) is 6.10. The largest absolute Gasteiger partial charge is 0.478 e. The minimum Gasteiger partial charge on any atom is -0.478 e. The second-order valence-corrected chi connectivity index (χ2v) is 4.19. The van der Waals surface area contributed by atoms with E-state index in [2.05, 4.69) is 10.2 Å². The lowest BCUT2D eigenvalue weighted by atomic mass is 10.1. The molecule has 4 N–H and O–H groups in total. The zero-order valence-corrected chi connectivity index (χ0v) is 10.2. The molecule has 0 aliphatic rings. The van der Waals surface area contributed by atoms with Gasteiger partial charge in [0.25, 0.3) is 0 Å². The Morgan fingerprint density at radius 1 is 1.47 bits per heavy atom. The lowest BCUT2D eigenvalue weighted by molar-refractivity contribution is 0.0697. The molecule has 0 spiro atoms. The monoisotopic (exact) mass is 237 g/mol. The number of benzene rings is 1. The Balaban J connectivity index is 2.52. The molecule has 0 heterocycles. The van der Waals surface area contributed by atoms with Gasteiger partial charge in [-0.2, -0.15) is 0 Å². The Bertz CT molecular complexity index is 391. The lowest BCUT2D eigenvalue weighted by Gasteiger charge is -2.12. The van der Waals surface area contributed by atoms with Gasteiger partial charge in [0.15, 0.2) is 0 Å². The van der Waals surface area contributed by atoms with E-state index in [0.717, 1.165) is 25.2 Å². The Kier molecular flexibility index (Phi) is 4.78. The highest BCUT2D eigenvalue weighted by Gasteiger charge is 2.05. The highest BCUT2D eigenvalue weighted by Crippen LogP contribution is 2.19. The highest BCUT2D eigenvalue weighted by molar-refractivity contribution is 5.90. The molecule has 0 aliphatic carbocycles. The summed E-state index contributed by atoms with van der Waals surface area (Å²) < 4.78 is 0. The summed E-state index contributed by atoms with van der Waals surface area (Å²) in [7, 11) is 4.05. The van der Waals surface area contributed by atoms with Crippen LogP contribution < -0.4 is 11.1 Å². The summed E-state index contributed by atoms with van der Waals surface area (Å²) in [5.41, 5.74) is 7.23. The number of carbonyl (C=O) groups is 1. The fourth-order valence-electron chi connectivity index (χ4n) is 1.48. The molecule has 1 rings (SSSR count). The molecule has 5 heteroatoms. The molecular formula is C12H19N3O2. The van der Waals surface area contributed by atoms with Crippen LogP contribution in [0.4, 0.5) is 11.4 Å². The number of nitrogens with one attached hydrogen (secondary N) is 1. The van der Waals surface area contributed by atoms with Crippen LogP contribution in [0.5, 0.6) is 0 Å². The van der Waals surface area contributed by atoms with Crippen molar-refractivity contribution in [3.63, 3.8) is 0 Å². The summed E-state index contributed by atoms with van der Waals surface area (Å²) in [6.45, 7) is 1.81. The first kappa shape index (κ1) is 13.3. The Labute approximate surface area is 101 Å². The molecule has 0 saturated carbocycles. The van der Waals surface area contributed by atoms with E-state index in [1.165, 1.54) is 6.07 Å². The van der Waals surface area contributed by atoms with Gasteiger partial charge in [0, 0.05) is 6.54 Å². The van der Waals surface area contributed by atoms with Crippen molar-refractivity contribution in [3.8, 4) is 0 Å². The summed E-state index contributed by atoms with van der Waals surface area (Å²) in [4.78, 5) is 12.8. The predicted molar refractivity (Wildman–Crippen MR) is 69.5 cm³/mol. The molecule has 94 valence electrons. The molecule has 0 saturated heterocycles. The van der Waals surface area contributed by atoms with Crippen LogP contribution in [0.15, 0.2) is 18.2 Å². The average Bonchev–Trinajstić information content (AvgIpc) is 2.25. The van der Waals surface area contributed by atoms with Gasteiger partial charge in [-0.1, -0.05) is 0 Å². The molecule has 17 heavy (non-hydrogen) atoms. The first-order valence-electron chi connectivity index (χ1n) is 5.52. The third kappa shape index (κ3) is 4.32. The van der Waals surface area contributed by atoms with Gasteiger partial charge in [-0.05, 0) is 45.3 Å². The maximum atomic E-state index is 10.7. The van der Waals surface area contributed by atoms with E-state index in [-0.39, 0.29) is 5.56 Å². The smallest absolute Gasteiger partial charge is 0.335 e. The van der Waals surface area contributed by atoms with Crippen molar-refractivity contribution in [3.05, 3.63) is 23.8 Å². The summed E-state index contributed by atoms with van der Waals surface area (Å²) in [6.07, 6.45) is 1.01. The van der Waals surface area contributed by atoms with Gasteiger partial charge in [-0.15, -0.1) is 0 Å². The number of aromatic carboxylic acids is 1. The van der Waals surface area contributed by atoms with Crippen molar-refractivity contribution >= 4 is 17.3 Å². The van der Waals surface area contributed by atoms with Gasteiger partial charge in [0.05, 0.1) is 16.9 Å². The second-order valence-electron chi connectivity index (χ2n) is 4.19. The van der Waals surface area contributed by atoms with Crippen LogP contribution in [-0.2, 0) is 0 Å². The number of nitrogens with zero attached hydrogens (tertiary/aromatic N) is 1. The Morgan fingerprint density at radius 2 is 2.18 bits per heavy atom. The molecule has 0 radical (unpaired) electrons. The summed E-state index contributed by atoms with van der Waals surface area (Å²) in [5.74, 6) is -0.962. The van der Waals surface area contributed by atoms with Gasteiger partial charge in [0.2, 0.25) is 0 Å². The van der Waals surface area contributed by atoms with Gasteiger partial charge >= 0.3 is 5.97 Å². The number of hydrogen-bond acceptors (Lipinski definition) is 4. The summed E-state index contributed by atoms with van der Waals surface area (Å²) in [5, 5.41) is 12.0. The number of anilines is 2. The number of hydrogen-bond donors (Lipinski definition) is 3. The minimum atomic E-state index is -0.962. The van der Waals surface area contributed by atoms with Crippen LogP contribution in [0.3, 0.4) is 0 Å². The number of carboxylic acid groups (broad SMARTS) is 1. The van der Waals surface area contributed by atoms with Crippen molar-refractivity contribution in [2.45, 2.75) is 6.42 Å². The van der Waals surface area contributed by atoms with Crippen molar-refractivity contribution in [2.75, 3.05) is 38.2 Å². The normalized spacial score (nSPS) is 10.5. The number of nitrogen functional groups attached to an aromatic ring is 1. The summed E-state index contributed by atoms with van der Waals surface area (Å²) in [6, 6.07) is 4.72. The molecule has 1 aromatic carbocycles. The molecule has 1 aromatic rings. The molecule has 5 nitrogen and oxygen atoms in total. The molecule has 0 atom stereocenters. The molecule has 0 aliphatic heterocycles. The lowest BCUT2D eigenvalue weighted by Crippen LogP contribution is -2.16. The number of carboxylic acids is 1. The predicted octanol–water partition coefficient (Wildman–Crippen LogP) is 1.33. The third-order valence-corrected chi connectivity index (χ3v) is 2.40. The minimum absolute atomic E-state index is 0.210. The van der Waals surface area contributed by atoms with Gasteiger partial charge < -0.3 is 21.1 Å². The fourth-order valence-corrected chi connectivity index (χ4v) is 1.48. The zero-order valence-electron chi connectivity index (χ0n) is 10.2. The topological polar surface area (TPSA) is 78.6 Å². The van der Waals surface area contributed by atoms with Gasteiger partial charge in [-0.3, -0.25) is 0 Å². The van der Waals surface area contributed by atoms with Crippen molar-refractivity contribution in [2.24, 2.45) is 0 Å². The van der Waals surface area contributed by atoms with Crippen LogP contribution in [0.25, 0.3) is 0 Å². The van der Waals surface area contributed by atoms with Crippen LogP contribution >= 0.6 is 0 Å². The molecule has 0 bridgehead atoms. The molecule has 0 amide bonds. The zero-order chi connectivity index (χ0) is 12.8. The van der Waals surface area contributed by atoms with E-state index in [1.807, 2.05) is 14.1 Å². The number of rotatable bonds is 6. The summed E-state index contributed by atoms with van der Waals surface area (Å²) >= 11 is 0. The van der Waals surface area contributed by atoms with E-state index >= 15 is 0 Å². The van der Waals surface area contributed by atoms with Crippen LogP contribution in [0, 0.1) is 0 Å². The van der Waals surface area contributed by atoms with E-state index < -0.39 is 5.97 Å². The first-order chi connectivity index (χ1) is 8.00. The standard InChI is InChI=1S/C12H19N3O2/c1-15(2)7-3-6-14-11-5-4-9(12(16)17)8-10(11)13/h4-5,8,14H,3,6-7,13H2,1-2H3,(H,16,17). The van der Waals surface area contributed by atoms with Gasteiger partial charge in [-0.25, -0.2) is 4.79 Å². The molecule has 0 aromatic heterocycles. The third-order valence-electron chi connectivity index (χ3n) is 2.40. The SMILES string of the molecule is CN(C)CCCNc1ccc(C(=O)O)cc1N. The maximum Gasteiger partial charge on any atom is 0.335 e. The molecular weight excluding hydrogens is 218 g/mol. The molecule has 0 fully saturated rings. The highest BCUT2D eigenvalue weighted by atomic mass is 16.4. The molecule has 0 unspecified atom stereocenters. The van der Waals surface area contributed by atoms with E-state index in [1.54, 1.807) is 12.1 Å². The van der Waals surface area contributed by atoms with Crippen LogP contribution in [-0.4, -0.2) is 43.2 Å². The quantitative estimate of drug-likeness (QED) is 0.514. The van der Waals surface area contributed by atoms with Gasteiger partial charge in [0.1, 0.15) is 0 Å². The van der Waals surface area contributed by atoms with Crippen LogP contribution in [0.2, 0.25) is 0 Å². The van der Waals surface area contributed by atoms with Crippen molar-refractivity contribution in [1.82, 2.24) is 4.90 Å².